The van der Waals surface area contributed by atoms with Crippen LogP contribution in [0.1, 0.15) is 29.9 Å². The van der Waals surface area contributed by atoms with Gasteiger partial charge in [0.15, 0.2) is 0 Å². The molecule has 0 aliphatic heterocycles. The lowest BCUT2D eigenvalue weighted by molar-refractivity contribution is -0.133. The number of aromatic amines is 1. The van der Waals surface area contributed by atoms with Gasteiger partial charge in [0.2, 0.25) is 5.91 Å². The highest BCUT2D eigenvalue weighted by atomic mass is 16.2. The molecular weight excluding hydrogens is 330 g/mol. The molecule has 2 heterocycles. The Bertz CT molecular complexity index is 985. The fourth-order valence-electron chi connectivity index (χ4n) is 3.13. The average Bonchev–Trinajstić information content (AvgIpc) is 2.97. The van der Waals surface area contributed by atoms with Gasteiger partial charge in [0.1, 0.15) is 6.04 Å². The van der Waals surface area contributed by atoms with Gasteiger partial charge in [-0.05, 0) is 44.9 Å². The average molecular weight is 353 g/mol. The lowest BCUT2D eigenvalue weighted by Crippen LogP contribution is -2.38. The minimum Gasteiger partial charge on any atom is -0.344 e. The number of rotatable bonds is 5. The summed E-state index contributed by atoms with van der Waals surface area (Å²) in [4.78, 5) is 31.4. The molecular formula is C19H23N5O2. The van der Waals surface area contributed by atoms with E-state index in [1.165, 1.54) is 10.9 Å². The molecule has 0 aliphatic rings. The number of aryl methyl sites for hydroxylation is 2. The summed E-state index contributed by atoms with van der Waals surface area (Å²) in [6, 6.07) is 6.53. The van der Waals surface area contributed by atoms with Crippen molar-refractivity contribution >= 4 is 16.8 Å². The number of likely N-dealkylation sites (N-methyl/N-ethyl adjacent to an activating group) is 1. The molecule has 0 saturated heterocycles. The van der Waals surface area contributed by atoms with E-state index >= 15 is 0 Å². The van der Waals surface area contributed by atoms with Gasteiger partial charge in [-0.2, -0.15) is 5.10 Å². The van der Waals surface area contributed by atoms with Gasteiger partial charge in [-0.15, -0.1) is 0 Å². The highest BCUT2D eigenvalue weighted by Crippen LogP contribution is 2.13. The van der Waals surface area contributed by atoms with Crippen molar-refractivity contribution in [2.75, 3.05) is 13.6 Å². The number of hydrogen-bond acceptors (Lipinski definition) is 4. The zero-order valence-corrected chi connectivity index (χ0v) is 15.5. The molecule has 1 N–H and O–H groups in total. The number of aromatic nitrogens is 4. The normalized spacial score (nSPS) is 12.3. The first-order chi connectivity index (χ1) is 12.4. The SMILES string of the molecule is Cc1n[nH]c(C)c1CCN(C)C(=O)C(C)n1cnc2ccccc2c1=O. The maximum Gasteiger partial charge on any atom is 0.261 e. The zero-order chi connectivity index (χ0) is 18.8. The van der Waals surface area contributed by atoms with Gasteiger partial charge in [-0.1, -0.05) is 12.1 Å². The number of benzene rings is 1. The second kappa shape index (κ2) is 7.11. The molecule has 2 aromatic heterocycles. The van der Waals surface area contributed by atoms with E-state index in [9.17, 15) is 9.59 Å². The summed E-state index contributed by atoms with van der Waals surface area (Å²) in [6.07, 6.45) is 2.17. The fraction of sp³-hybridized carbons (Fsp3) is 0.368. The summed E-state index contributed by atoms with van der Waals surface area (Å²) < 4.78 is 1.40. The first kappa shape index (κ1) is 17.8. The van der Waals surface area contributed by atoms with Gasteiger partial charge in [-0.3, -0.25) is 19.3 Å². The second-order valence-electron chi connectivity index (χ2n) is 6.57. The maximum absolute atomic E-state index is 12.8. The topological polar surface area (TPSA) is 83.9 Å². The Balaban J connectivity index is 1.77. The van der Waals surface area contributed by atoms with E-state index in [4.69, 9.17) is 0 Å². The molecule has 0 fully saturated rings. The van der Waals surface area contributed by atoms with E-state index in [1.54, 1.807) is 37.1 Å². The number of nitrogens with one attached hydrogen (secondary N) is 1. The minimum absolute atomic E-state index is 0.122. The lowest BCUT2D eigenvalue weighted by atomic mass is 10.1. The van der Waals surface area contributed by atoms with Crippen LogP contribution in [0.15, 0.2) is 35.4 Å². The summed E-state index contributed by atoms with van der Waals surface area (Å²) in [5, 5.41) is 7.65. The number of H-pyrrole nitrogens is 1. The van der Waals surface area contributed by atoms with E-state index in [2.05, 4.69) is 15.2 Å². The second-order valence-corrected chi connectivity index (χ2v) is 6.57. The van der Waals surface area contributed by atoms with Crippen LogP contribution in [0, 0.1) is 13.8 Å². The quantitative estimate of drug-likeness (QED) is 0.760. The van der Waals surface area contributed by atoms with Gasteiger partial charge in [0.05, 0.1) is 22.9 Å². The van der Waals surface area contributed by atoms with E-state index < -0.39 is 6.04 Å². The van der Waals surface area contributed by atoms with Gasteiger partial charge in [-0.25, -0.2) is 4.98 Å². The largest absolute Gasteiger partial charge is 0.344 e. The molecule has 0 aliphatic carbocycles. The molecule has 3 aromatic rings. The molecule has 3 rings (SSSR count). The Labute approximate surface area is 151 Å². The Morgan fingerprint density at radius 2 is 2.04 bits per heavy atom. The molecule has 1 aromatic carbocycles. The molecule has 1 amide bonds. The monoisotopic (exact) mass is 353 g/mol. The van der Waals surface area contributed by atoms with Crippen LogP contribution >= 0.6 is 0 Å². The molecule has 0 bridgehead atoms. The van der Waals surface area contributed by atoms with Crippen LogP contribution in [0.4, 0.5) is 0 Å². The van der Waals surface area contributed by atoms with Crippen LogP contribution < -0.4 is 5.56 Å². The van der Waals surface area contributed by atoms with Crippen molar-refractivity contribution in [3.05, 3.63) is 57.9 Å². The third-order valence-corrected chi connectivity index (χ3v) is 4.82. The number of fused-ring (bicyclic) bond motifs is 1. The number of amides is 1. The van der Waals surface area contributed by atoms with Gasteiger partial charge in [0, 0.05) is 19.3 Å². The smallest absolute Gasteiger partial charge is 0.261 e. The number of para-hydroxylation sites is 1. The number of nitrogens with zero attached hydrogens (tertiary/aromatic N) is 4. The molecule has 0 radical (unpaired) electrons. The van der Waals surface area contributed by atoms with E-state index in [0.717, 1.165) is 17.0 Å². The van der Waals surface area contributed by atoms with Crippen molar-refractivity contribution in [3.63, 3.8) is 0 Å². The van der Waals surface area contributed by atoms with Crippen LogP contribution in [0.25, 0.3) is 10.9 Å². The van der Waals surface area contributed by atoms with Crippen molar-refractivity contribution in [1.29, 1.82) is 0 Å². The molecule has 0 saturated carbocycles. The summed E-state index contributed by atoms with van der Waals surface area (Å²) in [5.41, 5.74) is 3.53. The van der Waals surface area contributed by atoms with Gasteiger partial charge >= 0.3 is 0 Å². The number of hydrogen-bond donors (Lipinski definition) is 1. The summed E-state index contributed by atoms with van der Waals surface area (Å²) in [6.45, 7) is 6.20. The highest BCUT2D eigenvalue weighted by Gasteiger charge is 2.21. The van der Waals surface area contributed by atoms with E-state index in [1.807, 2.05) is 19.9 Å². The Hall–Kier alpha value is -2.96. The molecule has 26 heavy (non-hydrogen) atoms. The van der Waals surface area contributed by atoms with E-state index in [0.29, 0.717) is 23.9 Å². The third-order valence-electron chi connectivity index (χ3n) is 4.82. The third kappa shape index (κ3) is 3.24. The van der Waals surface area contributed by atoms with Crippen molar-refractivity contribution in [3.8, 4) is 0 Å². The van der Waals surface area contributed by atoms with Crippen LogP contribution in [0.2, 0.25) is 0 Å². The number of carbonyl (C=O) groups excluding carboxylic acids is 1. The van der Waals surface area contributed by atoms with Crippen LogP contribution in [-0.4, -0.2) is 44.1 Å². The van der Waals surface area contributed by atoms with Crippen molar-refractivity contribution in [1.82, 2.24) is 24.6 Å². The summed E-state index contributed by atoms with van der Waals surface area (Å²) >= 11 is 0. The van der Waals surface area contributed by atoms with Crippen LogP contribution in [0.3, 0.4) is 0 Å². The highest BCUT2D eigenvalue weighted by molar-refractivity contribution is 5.81. The van der Waals surface area contributed by atoms with Crippen LogP contribution in [-0.2, 0) is 11.2 Å². The first-order valence-electron chi connectivity index (χ1n) is 8.61. The predicted molar refractivity (Wildman–Crippen MR) is 100 cm³/mol. The first-order valence-corrected chi connectivity index (χ1v) is 8.61. The number of carbonyl (C=O) groups is 1. The molecule has 7 nitrogen and oxygen atoms in total. The van der Waals surface area contributed by atoms with Crippen LogP contribution in [0.5, 0.6) is 0 Å². The molecule has 136 valence electrons. The Morgan fingerprint density at radius 3 is 2.73 bits per heavy atom. The van der Waals surface area contributed by atoms with Crippen molar-refractivity contribution in [2.24, 2.45) is 0 Å². The molecule has 1 unspecified atom stereocenters. The Kier molecular flexibility index (Phi) is 4.88. The minimum atomic E-state index is -0.615. The zero-order valence-electron chi connectivity index (χ0n) is 15.5. The summed E-state index contributed by atoms with van der Waals surface area (Å²) in [5.74, 6) is -0.122. The lowest BCUT2D eigenvalue weighted by Gasteiger charge is -2.22. The van der Waals surface area contributed by atoms with Gasteiger partial charge in [0.25, 0.3) is 5.56 Å². The van der Waals surface area contributed by atoms with Crippen molar-refractivity contribution in [2.45, 2.75) is 33.2 Å². The Morgan fingerprint density at radius 1 is 1.31 bits per heavy atom. The van der Waals surface area contributed by atoms with Crippen molar-refractivity contribution < 1.29 is 4.79 Å². The standard InChI is InChI=1S/C19H23N5O2/c1-12-15(13(2)22-21-12)9-10-23(4)18(25)14(3)24-11-20-17-8-6-5-7-16(17)19(24)26/h5-8,11,14H,9-10H2,1-4H3,(H,21,22). The summed E-state index contributed by atoms with van der Waals surface area (Å²) in [7, 11) is 1.75. The molecule has 1 atom stereocenters. The fourth-order valence-corrected chi connectivity index (χ4v) is 3.13. The van der Waals surface area contributed by atoms with Gasteiger partial charge < -0.3 is 4.90 Å². The van der Waals surface area contributed by atoms with E-state index in [-0.39, 0.29) is 11.5 Å². The maximum atomic E-state index is 12.8. The molecule has 0 spiro atoms. The molecule has 7 heteroatoms. The predicted octanol–water partition coefficient (Wildman–Crippen LogP) is 2.00.